The zero-order valence-electron chi connectivity index (χ0n) is 9.43. The Morgan fingerprint density at radius 3 is 1.93 bits per heavy atom. The van der Waals surface area contributed by atoms with Crippen molar-refractivity contribution in [1.29, 1.82) is 0 Å². The Kier molecular flexibility index (Phi) is 14.0. The van der Waals surface area contributed by atoms with Crippen LogP contribution in [0.25, 0.3) is 0 Å². The molecular formula is C11H17OS2Y-. The maximum Gasteiger partial charge on any atom is 0.0402 e. The van der Waals surface area contributed by atoms with Gasteiger partial charge in [-0.05, 0) is 23.3 Å². The Hall–Kier alpha value is 0.984. The Balaban J connectivity index is 0. The van der Waals surface area contributed by atoms with Crippen molar-refractivity contribution in [3.05, 3.63) is 29.8 Å². The van der Waals surface area contributed by atoms with Gasteiger partial charge in [-0.15, -0.1) is 0 Å². The van der Waals surface area contributed by atoms with Gasteiger partial charge in [-0.3, -0.25) is 10.8 Å². The number of aliphatic hydroxyl groups is 1. The molecule has 0 aliphatic heterocycles. The standard InChI is InChI=1S/C9H12S2.C2H6O.Y/c1-7(2)8-3-5-9(11-10)6-4-8;1-2-3;/h3-7,10H,1-2H3;3H,2H2,1H3;/p-1. The maximum atomic E-state index is 7.57. The van der Waals surface area contributed by atoms with Crippen molar-refractivity contribution in [2.24, 2.45) is 0 Å². The van der Waals surface area contributed by atoms with Crippen LogP contribution in [0.4, 0.5) is 0 Å². The predicted molar refractivity (Wildman–Crippen MR) is 66.5 cm³/mol. The molecule has 0 saturated carbocycles. The second-order valence-corrected chi connectivity index (χ2v) is 4.26. The van der Waals surface area contributed by atoms with Crippen LogP contribution in [0.1, 0.15) is 32.3 Å². The Morgan fingerprint density at radius 2 is 1.67 bits per heavy atom. The molecule has 0 amide bonds. The molecule has 1 rings (SSSR count). The van der Waals surface area contributed by atoms with Crippen LogP contribution in [0, 0.1) is 0 Å². The van der Waals surface area contributed by atoms with Crippen molar-refractivity contribution < 1.29 is 37.8 Å². The fourth-order valence-electron chi connectivity index (χ4n) is 0.908. The summed E-state index contributed by atoms with van der Waals surface area (Å²) < 4.78 is 0. The first-order valence-corrected chi connectivity index (χ1v) is 6.40. The van der Waals surface area contributed by atoms with Gasteiger partial charge >= 0.3 is 0 Å². The molecule has 0 heterocycles. The van der Waals surface area contributed by atoms with Gasteiger partial charge in [0, 0.05) is 39.3 Å². The maximum absolute atomic E-state index is 7.57. The van der Waals surface area contributed by atoms with Gasteiger partial charge in [0.2, 0.25) is 0 Å². The van der Waals surface area contributed by atoms with E-state index in [4.69, 9.17) is 16.8 Å². The summed E-state index contributed by atoms with van der Waals surface area (Å²) in [6.07, 6.45) is 0. The third kappa shape index (κ3) is 8.76. The number of aliphatic hydroxyl groups excluding tert-OH is 1. The molecule has 0 spiro atoms. The molecule has 0 aliphatic rings. The molecular weight excluding hydrogens is 301 g/mol. The molecule has 1 aromatic carbocycles. The van der Waals surface area contributed by atoms with Crippen LogP contribution in [0.15, 0.2) is 29.2 Å². The van der Waals surface area contributed by atoms with Gasteiger partial charge in [0.05, 0.1) is 0 Å². The molecule has 15 heavy (non-hydrogen) atoms. The van der Waals surface area contributed by atoms with E-state index in [9.17, 15) is 0 Å². The third-order valence-corrected chi connectivity index (χ3v) is 2.68. The second-order valence-electron chi connectivity index (χ2n) is 3.12. The van der Waals surface area contributed by atoms with Crippen molar-refractivity contribution in [3.8, 4) is 0 Å². The average Bonchev–Trinajstić information content (AvgIpc) is 2.19. The molecule has 1 aromatic rings. The molecule has 83 valence electrons. The SMILES string of the molecule is CC(C)c1ccc(S[S-])cc1.CCO.[Y]. The summed E-state index contributed by atoms with van der Waals surface area (Å²) in [7, 11) is 1.37. The topological polar surface area (TPSA) is 20.2 Å². The monoisotopic (exact) mass is 318 g/mol. The van der Waals surface area contributed by atoms with Crippen LogP contribution in [-0.4, -0.2) is 11.7 Å². The summed E-state index contributed by atoms with van der Waals surface area (Å²) in [6, 6.07) is 8.43. The average molecular weight is 318 g/mol. The van der Waals surface area contributed by atoms with Gasteiger partial charge in [0.1, 0.15) is 0 Å². The largest absolute Gasteiger partial charge is 0.714 e. The Morgan fingerprint density at radius 1 is 1.27 bits per heavy atom. The van der Waals surface area contributed by atoms with Gasteiger partial charge in [0.15, 0.2) is 0 Å². The Labute approximate surface area is 127 Å². The third-order valence-electron chi connectivity index (χ3n) is 1.64. The molecule has 0 unspecified atom stereocenters. The van der Waals surface area contributed by atoms with Crippen molar-refractivity contribution in [1.82, 2.24) is 0 Å². The van der Waals surface area contributed by atoms with Crippen LogP contribution in [0.5, 0.6) is 0 Å². The predicted octanol–water partition coefficient (Wildman–Crippen LogP) is 3.36. The fraction of sp³-hybridized carbons (Fsp3) is 0.455. The first-order valence-electron chi connectivity index (χ1n) is 4.66. The van der Waals surface area contributed by atoms with Gasteiger partial charge in [-0.1, -0.05) is 38.1 Å². The van der Waals surface area contributed by atoms with Crippen molar-refractivity contribution in [2.45, 2.75) is 31.6 Å². The number of rotatable bonds is 2. The molecule has 0 fully saturated rings. The van der Waals surface area contributed by atoms with Crippen LogP contribution in [0.2, 0.25) is 0 Å². The first kappa shape index (κ1) is 18.4. The van der Waals surface area contributed by atoms with Gasteiger partial charge in [-0.25, -0.2) is 0 Å². The summed E-state index contributed by atoms with van der Waals surface area (Å²) in [6.45, 7) is 6.31. The molecule has 1 N–H and O–H groups in total. The number of benzene rings is 1. The molecule has 4 heteroatoms. The van der Waals surface area contributed by atoms with Crippen molar-refractivity contribution >= 4 is 22.5 Å². The second kappa shape index (κ2) is 11.5. The van der Waals surface area contributed by atoms with Crippen LogP contribution in [-0.2, 0) is 44.4 Å². The van der Waals surface area contributed by atoms with E-state index in [1.165, 1.54) is 16.4 Å². The van der Waals surface area contributed by atoms with Crippen LogP contribution in [0.3, 0.4) is 0 Å². The smallest absolute Gasteiger partial charge is 0.0402 e. The van der Waals surface area contributed by atoms with Gasteiger partial charge < -0.3 is 16.8 Å². The quantitative estimate of drug-likeness (QED) is 0.667. The number of hydrogen-bond donors (Lipinski definition) is 1. The minimum absolute atomic E-state index is 0. The zero-order chi connectivity index (χ0) is 11.0. The first-order chi connectivity index (χ1) is 6.65. The van der Waals surface area contributed by atoms with Gasteiger partial charge in [0.25, 0.3) is 0 Å². The molecule has 0 atom stereocenters. The van der Waals surface area contributed by atoms with Crippen LogP contribution < -0.4 is 0 Å². The van der Waals surface area contributed by atoms with E-state index in [-0.39, 0.29) is 39.3 Å². The summed E-state index contributed by atoms with van der Waals surface area (Å²) in [5, 5.41) is 7.57. The van der Waals surface area contributed by atoms with Crippen LogP contribution >= 0.6 is 10.8 Å². The summed E-state index contributed by atoms with van der Waals surface area (Å²) in [5.41, 5.74) is 1.37. The molecule has 0 aromatic heterocycles. The molecule has 1 nitrogen and oxygen atoms in total. The van der Waals surface area contributed by atoms with E-state index in [0.29, 0.717) is 5.92 Å². The minimum Gasteiger partial charge on any atom is -0.714 e. The van der Waals surface area contributed by atoms with E-state index in [1.54, 1.807) is 6.92 Å². The summed E-state index contributed by atoms with van der Waals surface area (Å²) >= 11 is 4.84. The molecule has 0 saturated heterocycles. The van der Waals surface area contributed by atoms with Gasteiger partial charge in [-0.2, -0.15) is 0 Å². The van der Waals surface area contributed by atoms with Crippen molar-refractivity contribution in [3.63, 3.8) is 0 Å². The minimum atomic E-state index is 0. The van der Waals surface area contributed by atoms with E-state index >= 15 is 0 Å². The van der Waals surface area contributed by atoms with E-state index < -0.39 is 0 Å². The van der Waals surface area contributed by atoms with E-state index in [0.717, 1.165) is 4.90 Å². The summed E-state index contributed by atoms with van der Waals surface area (Å²) in [5.74, 6) is 0.610. The normalized spacial score (nSPS) is 8.93. The Bertz CT molecular complexity index is 237. The van der Waals surface area contributed by atoms with E-state index in [1.807, 2.05) is 0 Å². The van der Waals surface area contributed by atoms with Crippen molar-refractivity contribution in [2.75, 3.05) is 6.61 Å². The van der Waals surface area contributed by atoms with E-state index in [2.05, 4.69) is 38.1 Å². The fourth-order valence-corrected chi connectivity index (χ4v) is 1.49. The zero-order valence-corrected chi connectivity index (χ0v) is 13.9. The molecule has 0 bridgehead atoms. The number of hydrogen-bond acceptors (Lipinski definition) is 3. The summed E-state index contributed by atoms with van der Waals surface area (Å²) in [4.78, 5) is 1.16. The molecule has 0 aliphatic carbocycles. The molecule has 1 radical (unpaired) electrons.